The number of carboxylic acid groups (broad SMARTS) is 1. The molecule has 5 aromatic rings. The molecule has 13 nitrogen and oxygen atoms in total. The number of aryl methyl sites for hydroxylation is 1. The molecular formula is C42H48N6O7S. The third-order valence-electron chi connectivity index (χ3n) is 9.10. The van der Waals surface area contributed by atoms with E-state index < -0.39 is 16.0 Å². The van der Waals surface area contributed by atoms with Gasteiger partial charge >= 0.3 is 5.97 Å². The molecule has 1 aliphatic heterocycles. The van der Waals surface area contributed by atoms with Gasteiger partial charge in [0.2, 0.25) is 11.8 Å². The fraction of sp³-hybridized carbons (Fsp3) is 0.333. The molecular weight excluding hydrogens is 733 g/mol. The van der Waals surface area contributed by atoms with Gasteiger partial charge in [-0.25, -0.2) is 22.9 Å². The number of carbonyl (C=O) groups is 1. The van der Waals surface area contributed by atoms with Crippen LogP contribution in [0.25, 0.3) is 11.3 Å². The Morgan fingerprint density at radius 1 is 0.946 bits per heavy atom. The molecule has 3 aromatic carbocycles. The number of nitrogens with one attached hydrogen (secondary N) is 2. The Labute approximate surface area is 328 Å². The number of nitrogens with zero attached hydrogens (tertiary/aromatic N) is 4. The normalized spacial score (nSPS) is 13.9. The van der Waals surface area contributed by atoms with E-state index in [-0.39, 0.29) is 40.4 Å². The van der Waals surface area contributed by atoms with Crippen molar-refractivity contribution in [3.05, 3.63) is 120 Å². The van der Waals surface area contributed by atoms with Gasteiger partial charge in [-0.1, -0.05) is 69.3 Å². The summed E-state index contributed by atoms with van der Waals surface area (Å²) in [5, 5.41) is 13.1. The maximum absolute atomic E-state index is 13.6. The minimum absolute atomic E-state index is 0.0527. The number of pyridine rings is 1. The third kappa shape index (κ3) is 11.0. The first-order valence-electron chi connectivity index (χ1n) is 18.5. The number of ether oxygens (including phenoxy) is 3. The van der Waals surface area contributed by atoms with Crippen molar-refractivity contribution < 1.29 is 32.5 Å². The van der Waals surface area contributed by atoms with Gasteiger partial charge in [0, 0.05) is 37.3 Å². The van der Waals surface area contributed by atoms with Crippen molar-refractivity contribution in [3.8, 4) is 22.9 Å². The summed E-state index contributed by atoms with van der Waals surface area (Å²) in [6.07, 6.45) is 2.65. The number of morpholine rings is 1. The van der Waals surface area contributed by atoms with E-state index in [2.05, 4.69) is 51.7 Å². The summed E-state index contributed by atoms with van der Waals surface area (Å²) >= 11 is 0. The van der Waals surface area contributed by atoms with E-state index in [9.17, 15) is 18.3 Å². The quantitative estimate of drug-likeness (QED) is 0.0968. The summed E-state index contributed by atoms with van der Waals surface area (Å²) in [6, 6.07) is 26.1. The summed E-state index contributed by atoms with van der Waals surface area (Å²) in [5.74, 6) is -0.822. The van der Waals surface area contributed by atoms with E-state index in [1.165, 1.54) is 18.2 Å². The van der Waals surface area contributed by atoms with Gasteiger partial charge in [0.05, 0.1) is 46.9 Å². The molecule has 6 rings (SSSR count). The van der Waals surface area contributed by atoms with Crippen molar-refractivity contribution in [1.29, 1.82) is 0 Å². The predicted octanol–water partition coefficient (Wildman–Crippen LogP) is 6.74. The lowest BCUT2D eigenvalue weighted by Crippen LogP contribution is -2.38. The molecule has 0 amide bonds. The molecule has 0 bridgehead atoms. The van der Waals surface area contributed by atoms with E-state index in [1.807, 2.05) is 67.7 Å². The van der Waals surface area contributed by atoms with Crippen LogP contribution >= 0.6 is 0 Å². The summed E-state index contributed by atoms with van der Waals surface area (Å²) in [5.41, 5.74) is 4.55. The average molecular weight is 781 g/mol. The zero-order valence-corrected chi connectivity index (χ0v) is 32.9. The zero-order chi connectivity index (χ0) is 39.7. The number of carboxylic acids is 1. The number of anilines is 2. The first-order chi connectivity index (χ1) is 26.8. The third-order valence-corrected chi connectivity index (χ3v) is 10.4. The van der Waals surface area contributed by atoms with Gasteiger partial charge in [-0.3, -0.25) is 4.98 Å². The van der Waals surface area contributed by atoms with Gasteiger partial charge in [0.25, 0.3) is 10.0 Å². The van der Waals surface area contributed by atoms with Gasteiger partial charge < -0.3 is 29.5 Å². The number of aromatic carboxylic acids is 1. The minimum atomic E-state index is -4.31. The minimum Gasteiger partial charge on any atom is -0.488 e. The fourth-order valence-corrected chi connectivity index (χ4v) is 7.36. The Hall–Kier alpha value is -5.57. The van der Waals surface area contributed by atoms with Crippen LogP contribution in [0.15, 0.2) is 102 Å². The van der Waals surface area contributed by atoms with Crippen LogP contribution in [-0.2, 0) is 27.9 Å². The Morgan fingerprint density at radius 2 is 1.71 bits per heavy atom. The number of hydrogen-bond acceptors (Lipinski definition) is 11. The van der Waals surface area contributed by atoms with E-state index in [0.29, 0.717) is 43.4 Å². The first-order valence-corrected chi connectivity index (χ1v) is 20.0. The van der Waals surface area contributed by atoms with Gasteiger partial charge in [0.15, 0.2) is 0 Å². The highest BCUT2D eigenvalue weighted by molar-refractivity contribution is 7.92. The smallest absolute Gasteiger partial charge is 0.335 e. The van der Waals surface area contributed by atoms with Gasteiger partial charge in [-0.15, -0.1) is 0 Å². The number of hydrogen-bond donors (Lipinski definition) is 3. The predicted molar refractivity (Wildman–Crippen MR) is 215 cm³/mol. The maximum atomic E-state index is 13.6. The Morgan fingerprint density at radius 3 is 2.43 bits per heavy atom. The van der Waals surface area contributed by atoms with E-state index >= 15 is 0 Å². The molecule has 0 radical (unpaired) electrons. The molecule has 0 unspecified atom stereocenters. The van der Waals surface area contributed by atoms with Crippen molar-refractivity contribution in [2.45, 2.75) is 58.2 Å². The van der Waals surface area contributed by atoms with Gasteiger partial charge in [-0.2, -0.15) is 4.98 Å². The molecule has 0 aliphatic carbocycles. The van der Waals surface area contributed by atoms with Crippen molar-refractivity contribution >= 4 is 27.6 Å². The summed E-state index contributed by atoms with van der Waals surface area (Å²) in [4.78, 5) is 27.5. The monoisotopic (exact) mass is 780 g/mol. The lowest BCUT2D eigenvalue weighted by Gasteiger charge is -2.29. The Kier molecular flexibility index (Phi) is 12.8. The number of aromatic nitrogens is 3. The first kappa shape index (κ1) is 40.1. The molecule has 14 heteroatoms. The van der Waals surface area contributed by atoms with Crippen LogP contribution in [0, 0.1) is 12.3 Å². The summed E-state index contributed by atoms with van der Waals surface area (Å²) in [6.45, 7) is 12.5. The van der Waals surface area contributed by atoms with Crippen LogP contribution in [0.3, 0.4) is 0 Å². The van der Waals surface area contributed by atoms with Crippen molar-refractivity contribution in [2.24, 2.45) is 5.41 Å². The molecule has 3 N–H and O–H groups in total. The van der Waals surface area contributed by atoms with Crippen molar-refractivity contribution in [2.75, 3.05) is 42.5 Å². The second-order valence-corrected chi connectivity index (χ2v) is 16.5. The average Bonchev–Trinajstić information content (AvgIpc) is 3.18. The lowest BCUT2D eigenvalue weighted by atomic mass is 9.88. The molecule has 56 heavy (non-hydrogen) atoms. The van der Waals surface area contributed by atoms with Gasteiger partial charge in [0.1, 0.15) is 19.0 Å². The lowest BCUT2D eigenvalue weighted by molar-refractivity contribution is 0.0696. The molecule has 1 saturated heterocycles. The SMILES string of the molecule is Cc1cccc(OCc2ccccc2)c1-c1cc(OC[C@@H](CC(C)(C)C)NCc2ccc(N3CCOCC3)cn2)nc(NS(=O)(=O)c2cccc(C(=O)O)c2)n1. The second-order valence-electron chi connectivity index (χ2n) is 14.8. The summed E-state index contributed by atoms with van der Waals surface area (Å²) in [7, 11) is -4.31. The van der Waals surface area contributed by atoms with Crippen LogP contribution in [0.5, 0.6) is 11.6 Å². The molecule has 294 valence electrons. The molecule has 0 spiro atoms. The van der Waals surface area contributed by atoms with Crippen LogP contribution in [0.2, 0.25) is 0 Å². The highest BCUT2D eigenvalue weighted by atomic mass is 32.2. The Bertz CT molecular complexity index is 2210. The molecule has 2 aromatic heterocycles. The standard InChI is InChI=1S/C42H48N6O7S/c1-29-10-8-15-37(54-27-30-11-6-5-7-12-30)39(29)36-23-38(46-41(45-36)47-56(51,52)35-14-9-13-31(22-35)40(49)50)55-28-33(24-42(2,3)4)43-25-32-16-17-34(26-44-32)48-18-20-53-21-19-48/h5-17,22-23,26,33,43H,18-21,24-25,27-28H2,1-4H3,(H,49,50)(H,45,46,47)/t33-/m1/s1. The number of sulfonamides is 1. The molecule has 1 aliphatic rings. The molecule has 1 fully saturated rings. The van der Waals surface area contributed by atoms with E-state index in [4.69, 9.17) is 19.2 Å². The number of rotatable bonds is 16. The van der Waals surface area contributed by atoms with Crippen LogP contribution in [0.1, 0.15) is 54.4 Å². The summed E-state index contributed by atoms with van der Waals surface area (Å²) < 4.78 is 47.8. The van der Waals surface area contributed by atoms with E-state index in [1.54, 1.807) is 6.07 Å². The highest BCUT2D eigenvalue weighted by Crippen LogP contribution is 2.35. The van der Waals surface area contributed by atoms with Crippen LogP contribution < -0.4 is 24.4 Å². The van der Waals surface area contributed by atoms with E-state index in [0.717, 1.165) is 48.1 Å². The highest BCUT2D eigenvalue weighted by Gasteiger charge is 2.23. The van der Waals surface area contributed by atoms with Crippen molar-refractivity contribution in [1.82, 2.24) is 20.3 Å². The molecule has 3 heterocycles. The molecule has 1 atom stereocenters. The zero-order valence-electron chi connectivity index (χ0n) is 32.1. The Balaban J connectivity index is 1.28. The fourth-order valence-electron chi connectivity index (χ4n) is 6.37. The second kappa shape index (κ2) is 17.9. The van der Waals surface area contributed by atoms with Crippen LogP contribution in [-0.4, -0.2) is 73.4 Å². The van der Waals surface area contributed by atoms with Crippen LogP contribution in [0.4, 0.5) is 11.6 Å². The van der Waals surface area contributed by atoms with Gasteiger partial charge in [-0.05, 0) is 66.3 Å². The maximum Gasteiger partial charge on any atom is 0.335 e. The van der Waals surface area contributed by atoms with Crippen molar-refractivity contribution in [3.63, 3.8) is 0 Å². The molecule has 0 saturated carbocycles. The topological polar surface area (TPSA) is 165 Å². The number of benzene rings is 3. The largest absolute Gasteiger partial charge is 0.488 e.